The van der Waals surface area contributed by atoms with Gasteiger partial charge >= 0.3 is 6.18 Å². The number of nitrogens with one attached hydrogen (secondary N) is 1. The number of rotatable bonds is 4. The van der Waals surface area contributed by atoms with Crippen LogP contribution in [0.1, 0.15) is 30.0 Å². The van der Waals surface area contributed by atoms with Crippen molar-refractivity contribution in [1.29, 1.82) is 0 Å². The summed E-state index contributed by atoms with van der Waals surface area (Å²) < 4.78 is 38.4. The van der Waals surface area contributed by atoms with E-state index in [0.29, 0.717) is 6.54 Å². The van der Waals surface area contributed by atoms with Crippen LogP contribution < -0.4 is 5.32 Å². The zero-order chi connectivity index (χ0) is 13.2. The molecule has 2 rings (SSSR count). The molecule has 0 amide bonds. The Hall–Kier alpha value is -1.03. The van der Waals surface area contributed by atoms with E-state index in [4.69, 9.17) is 0 Å². The van der Waals surface area contributed by atoms with E-state index < -0.39 is 12.2 Å². The Morgan fingerprint density at radius 3 is 2.61 bits per heavy atom. The van der Waals surface area contributed by atoms with Gasteiger partial charge in [-0.1, -0.05) is 25.1 Å². The lowest BCUT2D eigenvalue weighted by Crippen LogP contribution is -2.43. The molecule has 1 aromatic carbocycles. The number of alkyl halides is 3. The van der Waals surface area contributed by atoms with Crippen LogP contribution in [0.4, 0.5) is 13.2 Å². The van der Waals surface area contributed by atoms with Gasteiger partial charge < -0.3 is 5.32 Å². The summed E-state index contributed by atoms with van der Waals surface area (Å²) in [5, 5.41) is 2.51. The minimum absolute atomic E-state index is 0.0185. The van der Waals surface area contributed by atoms with Crippen LogP contribution in [0.2, 0.25) is 0 Å². The van der Waals surface area contributed by atoms with Crippen LogP contribution in [0.3, 0.4) is 0 Å². The molecule has 1 aliphatic rings. The molecule has 18 heavy (non-hydrogen) atoms. The van der Waals surface area contributed by atoms with Gasteiger partial charge in [-0.2, -0.15) is 13.2 Å². The molecule has 1 unspecified atom stereocenters. The predicted molar refractivity (Wildman–Crippen MR) is 65.7 cm³/mol. The minimum Gasteiger partial charge on any atom is -0.306 e. The highest BCUT2D eigenvalue weighted by atomic mass is 19.4. The standard InChI is InChI=1S/C14H18F3N/c1-2-18-13(14(15,16)17)9-10-6-7-11-4-3-5-12(11)8-10/h6-8,13,18H,2-5,9H2,1H3. The number of halogens is 3. The fourth-order valence-electron chi connectivity index (χ4n) is 2.54. The predicted octanol–water partition coefficient (Wildman–Crippen LogP) is 3.26. The third-order valence-electron chi connectivity index (χ3n) is 3.45. The van der Waals surface area contributed by atoms with Gasteiger partial charge in [-0.05, 0) is 48.9 Å². The second-order valence-corrected chi connectivity index (χ2v) is 4.81. The van der Waals surface area contributed by atoms with Crippen molar-refractivity contribution in [1.82, 2.24) is 5.32 Å². The lowest BCUT2D eigenvalue weighted by Gasteiger charge is -2.21. The molecule has 0 saturated heterocycles. The van der Waals surface area contributed by atoms with Crippen molar-refractivity contribution in [3.8, 4) is 0 Å². The summed E-state index contributed by atoms with van der Waals surface area (Å²) in [5.74, 6) is 0. The highest BCUT2D eigenvalue weighted by Crippen LogP contribution is 2.26. The third kappa shape index (κ3) is 3.05. The van der Waals surface area contributed by atoms with Crippen molar-refractivity contribution < 1.29 is 13.2 Å². The van der Waals surface area contributed by atoms with Crippen molar-refractivity contribution >= 4 is 0 Å². The topological polar surface area (TPSA) is 12.0 Å². The van der Waals surface area contributed by atoms with E-state index in [2.05, 4.69) is 5.32 Å². The molecule has 1 aromatic rings. The summed E-state index contributed by atoms with van der Waals surface area (Å²) in [5.41, 5.74) is 3.30. The van der Waals surface area contributed by atoms with Gasteiger partial charge in [0.05, 0.1) is 0 Å². The number of fused-ring (bicyclic) bond motifs is 1. The molecular formula is C14H18F3N. The molecule has 0 radical (unpaired) electrons. The van der Waals surface area contributed by atoms with Gasteiger partial charge in [0.25, 0.3) is 0 Å². The van der Waals surface area contributed by atoms with Gasteiger partial charge in [0.2, 0.25) is 0 Å². The first kappa shape index (κ1) is 13.4. The Balaban J connectivity index is 2.11. The van der Waals surface area contributed by atoms with E-state index in [1.807, 2.05) is 18.2 Å². The summed E-state index contributed by atoms with van der Waals surface area (Å²) in [6.45, 7) is 2.02. The lowest BCUT2D eigenvalue weighted by atomic mass is 10.0. The van der Waals surface area contributed by atoms with E-state index in [1.165, 1.54) is 11.1 Å². The molecule has 100 valence electrons. The van der Waals surface area contributed by atoms with Gasteiger partial charge in [0, 0.05) is 0 Å². The van der Waals surface area contributed by atoms with Crippen molar-refractivity contribution in [3.05, 3.63) is 34.9 Å². The molecule has 1 nitrogen and oxygen atoms in total. The lowest BCUT2D eigenvalue weighted by molar-refractivity contribution is -0.155. The minimum atomic E-state index is -4.19. The smallest absolute Gasteiger partial charge is 0.306 e. The number of hydrogen-bond donors (Lipinski definition) is 1. The summed E-state index contributed by atoms with van der Waals surface area (Å²) >= 11 is 0. The van der Waals surface area contributed by atoms with Gasteiger partial charge in [-0.3, -0.25) is 0 Å². The monoisotopic (exact) mass is 257 g/mol. The average molecular weight is 257 g/mol. The molecule has 0 saturated carbocycles. The van der Waals surface area contributed by atoms with Crippen molar-refractivity contribution in [2.75, 3.05) is 6.54 Å². The van der Waals surface area contributed by atoms with Gasteiger partial charge in [-0.15, -0.1) is 0 Å². The number of benzene rings is 1. The van der Waals surface area contributed by atoms with Crippen LogP contribution in [0.15, 0.2) is 18.2 Å². The molecule has 1 N–H and O–H groups in total. The molecule has 0 aliphatic heterocycles. The van der Waals surface area contributed by atoms with E-state index in [-0.39, 0.29) is 6.42 Å². The Bertz CT molecular complexity index is 412. The Kier molecular flexibility index (Phi) is 3.95. The van der Waals surface area contributed by atoms with E-state index in [0.717, 1.165) is 24.8 Å². The van der Waals surface area contributed by atoms with Gasteiger partial charge in [0.1, 0.15) is 6.04 Å². The van der Waals surface area contributed by atoms with Crippen LogP contribution in [0.25, 0.3) is 0 Å². The summed E-state index contributed by atoms with van der Waals surface area (Å²) in [7, 11) is 0. The quantitative estimate of drug-likeness (QED) is 0.873. The average Bonchev–Trinajstić information content (AvgIpc) is 2.74. The van der Waals surface area contributed by atoms with Crippen LogP contribution in [0.5, 0.6) is 0 Å². The summed E-state index contributed by atoms with van der Waals surface area (Å²) in [4.78, 5) is 0. The van der Waals surface area contributed by atoms with Crippen molar-refractivity contribution in [3.63, 3.8) is 0 Å². The molecule has 0 fully saturated rings. The van der Waals surface area contributed by atoms with Crippen molar-refractivity contribution in [2.24, 2.45) is 0 Å². The fraction of sp³-hybridized carbons (Fsp3) is 0.571. The third-order valence-corrected chi connectivity index (χ3v) is 3.45. The second kappa shape index (κ2) is 5.31. The SMILES string of the molecule is CCNC(Cc1ccc2c(c1)CCC2)C(F)(F)F. The normalized spacial score (nSPS) is 16.7. The molecule has 4 heteroatoms. The zero-order valence-corrected chi connectivity index (χ0v) is 10.5. The van der Waals surface area contributed by atoms with Gasteiger partial charge in [-0.25, -0.2) is 0 Å². The summed E-state index contributed by atoms with van der Waals surface area (Å²) in [6, 6.07) is 4.32. The van der Waals surface area contributed by atoms with E-state index in [9.17, 15) is 13.2 Å². The number of hydrogen-bond acceptors (Lipinski definition) is 1. The highest BCUT2D eigenvalue weighted by Gasteiger charge is 2.38. The fourth-order valence-corrected chi connectivity index (χ4v) is 2.54. The Labute approximate surface area is 105 Å². The maximum atomic E-state index is 12.8. The molecule has 0 spiro atoms. The number of likely N-dealkylation sites (N-methyl/N-ethyl adjacent to an activating group) is 1. The first-order chi connectivity index (χ1) is 8.50. The molecule has 0 aromatic heterocycles. The van der Waals surface area contributed by atoms with Crippen molar-refractivity contribution in [2.45, 2.75) is 44.8 Å². The maximum absolute atomic E-state index is 12.8. The first-order valence-electron chi connectivity index (χ1n) is 6.41. The highest BCUT2D eigenvalue weighted by molar-refractivity contribution is 5.35. The van der Waals surface area contributed by atoms with E-state index in [1.54, 1.807) is 6.92 Å². The van der Waals surface area contributed by atoms with Crippen LogP contribution in [-0.4, -0.2) is 18.8 Å². The maximum Gasteiger partial charge on any atom is 0.404 e. The largest absolute Gasteiger partial charge is 0.404 e. The van der Waals surface area contributed by atoms with Crippen LogP contribution in [0, 0.1) is 0 Å². The second-order valence-electron chi connectivity index (χ2n) is 4.81. The Morgan fingerprint density at radius 2 is 1.94 bits per heavy atom. The molecule has 1 atom stereocenters. The van der Waals surface area contributed by atoms with Crippen LogP contribution >= 0.6 is 0 Å². The molecular weight excluding hydrogens is 239 g/mol. The summed E-state index contributed by atoms with van der Waals surface area (Å²) in [6.07, 6.45) is -0.985. The zero-order valence-electron chi connectivity index (χ0n) is 10.5. The first-order valence-corrected chi connectivity index (χ1v) is 6.41. The number of aryl methyl sites for hydroxylation is 2. The van der Waals surface area contributed by atoms with Crippen LogP contribution in [-0.2, 0) is 19.3 Å². The Morgan fingerprint density at radius 1 is 1.22 bits per heavy atom. The molecule has 0 heterocycles. The molecule has 1 aliphatic carbocycles. The van der Waals surface area contributed by atoms with Gasteiger partial charge in [0.15, 0.2) is 0 Å². The van der Waals surface area contributed by atoms with E-state index >= 15 is 0 Å². The molecule has 0 bridgehead atoms.